The van der Waals surface area contributed by atoms with Crippen molar-refractivity contribution in [1.29, 1.82) is 0 Å². The molecule has 0 radical (unpaired) electrons. The minimum Gasteiger partial charge on any atom is -0.496 e. The lowest BCUT2D eigenvalue weighted by atomic mass is 9.85. The smallest absolute Gasteiger partial charge is 0.225 e. The molecule has 2 unspecified atom stereocenters. The van der Waals surface area contributed by atoms with Crippen LogP contribution in [-0.2, 0) is 11.3 Å². The van der Waals surface area contributed by atoms with Crippen LogP contribution >= 0.6 is 12.4 Å². The van der Waals surface area contributed by atoms with Gasteiger partial charge in [0.25, 0.3) is 0 Å². The van der Waals surface area contributed by atoms with E-state index in [1.165, 1.54) is 0 Å². The zero-order valence-corrected chi connectivity index (χ0v) is 15.4. The number of halogens is 1. The Labute approximate surface area is 145 Å². The van der Waals surface area contributed by atoms with Crippen LogP contribution in [0.2, 0.25) is 0 Å². The summed E-state index contributed by atoms with van der Waals surface area (Å²) in [6.45, 7) is 4.71. The quantitative estimate of drug-likeness (QED) is 0.915. The van der Waals surface area contributed by atoms with E-state index in [2.05, 4.69) is 12.1 Å². The lowest BCUT2D eigenvalue weighted by Gasteiger charge is -2.29. The van der Waals surface area contributed by atoms with Crippen molar-refractivity contribution < 1.29 is 9.53 Å². The van der Waals surface area contributed by atoms with Gasteiger partial charge in [-0.05, 0) is 49.8 Å². The van der Waals surface area contributed by atoms with E-state index >= 15 is 0 Å². The molecule has 1 aromatic rings. The Kier molecular flexibility index (Phi) is 7.36. The number of rotatable bonds is 4. The SMILES string of the molecule is COc1c(C)cc(CN(C)C(=O)C2CCCC(N)C2)cc1C.Cl. The van der Waals surface area contributed by atoms with Gasteiger partial charge < -0.3 is 15.4 Å². The number of ether oxygens (including phenoxy) is 1. The van der Waals surface area contributed by atoms with Gasteiger partial charge in [-0.3, -0.25) is 4.79 Å². The maximum atomic E-state index is 12.6. The van der Waals surface area contributed by atoms with E-state index in [1.54, 1.807) is 7.11 Å². The Morgan fingerprint density at radius 2 is 1.91 bits per heavy atom. The first-order chi connectivity index (χ1) is 10.4. The summed E-state index contributed by atoms with van der Waals surface area (Å²) < 4.78 is 5.40. The summed E-state index contributed by atoms with van der Waals surface area (Å²) >= 11 is 0. The summed E-state index contributed by atoms with van der Waals surface area (Å²) in [6.07, 6.45) is 3.90. The maximum Gasteiger partial charge on any atom is 0.225 e. The predicted molar refractivity (Wildman–Crippen MR) is 96.1 cm³/mol. The van der Waals surface area contributed by atoms with Crippen molar-refractivity contribution in [3.05, 3.63) is 28.8 Å². The standard InChI is InChI=1S/C18H28N2O2.ClH/c1-12-8-14(9-13(2)17(12)22-4)11-20(3)18(21)15-6-5-7-16(19)10-15;/h8-9,15-16H,5-7,10-11,19H2,1-4H3;1H. The van der Waals surface area contributed by atoms with Crippen LogP contribution in [0.25, 0.3) is 0 Å². The molecule has 1 aromatic carbocycles. The zero-order chi connectivity index (χ0) is 16.3. The minimum atomic E-state index is 0. The van der Waals surface area contributed by atoms with Crippen LogP contribution in [0.4, 0.5) is 0 Å². The molecule has 0 spiro atoms. The Bertz CT molecular complexity index is 525. The average Bonchev–Trinajstić information content (AvgIpc) is 2.46. The predicted octanol–water partition coefficient (Wildman–Crippen LogP) is 3.21. The number of carbonyl (C=O) groups is 1. The van der Waals surface area contributed by atoms with Gasteiger partial charge in [0.1, 0.15) is 5.75 Å². The lowest BCUT2D eigenvalue weighted by molar-refractivity contribution is -0.135. The van der Waals surface area contributed by atoms with Gasteiger partial charge in [0.15, 0.2) is 0 Å². The summed E-state index contributed by atoms with van der Waals surface area (Å²) in [5, 5.41) is 0. The van der Waals surface area contributed by atoms with Crippen LogP contribution in [0.3, 0.4) is 0 Å². The third-order valence-corrected chi connectivity index (χ3v) is 4.58. The topological polar surface area (TPSA) is 55.6 Å². The Balaban J connectivity index is 0.00000264. The number of hydrogen-bond donors (Lipinski definition) is 1. The van der Waals surface area contributed by atoms with Crippen LogP contribution in [0, 0.1) is 19.8 Å². The average molecular weight is 341 g/mol. The molecular weight excluding hydrogens is 312 g/mol. The third kappa shape index (κ3) is 4.85. The molecule has 130 valence electrons. The molecule has 0 saturated heterocycles. The van der Waals surface area contributed by atoms with Crippen LogP contribution < -0.4 is 10.5 Å². The van der Waals surface area contributed by atoms with Gasteiger partial charge in [0.2, 0.25) is 5.91 Å². The van der Waals surface area contributed by atoms with Gasteiger partial charge in [-0.1, -0.05) is 18.6 Å². The van der Waals surface area contributed by atoms with Crippen molar-refractivity contribution in [3.63, 3.8) is 0 Å². The second kappa shape index (κ2) is 8.55. The van der Waals surface area contributed by atoms with Crippen LogP contribution in [0.15, 0.2) is 12.1 Å². The molecule has 0 aliphatic heterocycles. The molecule has 1 aliphatic carbocycles. The van der Waals surface area contributed by atoms with Gasteiger partial charge in [-0.25, -0.2) is 0 Å². The van der Waals surface area contributed by atoms with Crippen molar-refractivity contribution in [2.24, 2.45) is 11.7 Å². The van der Waals surface area contributed by atoms with E-state index < -0.39 is 0 Å². The van der Waals surface area contributed by atoms with E-state index in [-0.39, 0.29) is 30.3 Å². The Morgan fingerprint density at radius 1 is 1.30 bits per heavy atom. The number of benzene rings is 1. The molecule has 4 nitrogen and oxygen atoms in total. The monoisotopic (exact) mass is 340 g/mol. The van der Waals surface area contributed by atoms with Crippen LogP contribution in [-0.4, -0.2) is 31.0 Å². The fourth-order valence-electron chi connectivity index (χ4n) is 3.57. The minimum absolute atomic E-state index is 0. The summed E-state index contributed by atoms with van der Waals surface area (Å²) in [4.78, 5) is 14.4. The molecule has 1 amide bonds. The molecule has 0 heterocycles. The van der Waals surface area contributed by atoms with Crippen molar-refractivity contribution in [1.82, 2.24) is 4.90 Å². The van der Waals surface area contributed by atoms with E-state index in [0.717, 1.165) is 48.1 Å². The number of carbonyl (C=O) groups excluding carboxylic acids is 1. The van der Waals surface area contributed by atoms with Crippen molar-refractivity contribution >= 4 is 18.3 Å². The number of aryl methyl sites for hydroxylation is 2. The molecule has 5 heteroatoms. The zero-order valence-electron chi connectivity index (χ0n) is 14.6. The van der Waals surface area contributed by atoms with E-state index in [0.29, 0.717) is 6.54 Å². The molecule has 2 rings (SSSR count). The lowest BCUT2D eigenvalue weighted by Crippen LogP contribution is -2.38. The summed E-state index contributed by atoms with van der Waals surface area (Å²) in [5.74, 6) is 1.24. The molecule has 23 heavy (non-hydrogen) atoms. The third-order valence-electron chi connectivity index (χ3n) is 4.58. The van der Waals surface area contributed by atoms with Crippen LogP contribution in [0.5, 0.6) is 5.75 Å². The van der Waals surface area contributed by atoms with Crippen LogP contribution in [0.1, 0.15) is 42.4 Å². The number of methoxy groups -OCH3 is 1. The normalized spacial score (nSPS) is 20.6. The van der Waals surface area contributed by atoms with E-state index in [4.69, 9.17) is 10.5 Å². The highest BCUT2D eigenvalue weighted by Crippen LogP contribution is 2.27. The van der Waals surface area contributed by atoms with Gasteiger partial charge in [0.05, 0.1) is 7.11 Å². The number of amides is 1. The molecule has 1 fully saturated rings. The van der Waals surface area contributed by atoms with E-state index in [9.17, 15) is 4.79 Å². The number of nitrogens with two attached hydrogens (primary N) is 1. The van der Waals surface area contributed by atoms with Crippen molar-refractivity contribution in [2.75, 3.05) is 14.2 Å². The Morgan fingerprint density at radius 3 is 2.43 bits per heavy atom. The second-order valence-corrected chi connectivity index (χ2v) is 6.58. The highest BCUT2D eigenvalue weighted by atomic mass is 35.5. The molecule has 0 bridgehead atoms. The van der Waals surface area contributed by atoms with Gasteiger partial charge in [-0.15, -0.1) is 12.4 Å². The highest BCUT2D eigenvalue weighted by molar-refractivity contribution is 5.85. The summed E-state index contributed by atoms with van der Waals surface area (Å²) in [6, 6.07) is 4.38. The molecule has 0 aromatic heterocycles. The largest absolute Gasteiger partial charge is 0.496 e. The maximum absolute atomic E-state index is 12.6. The Hall–Kier alpha value is -1.26. The van der Waals surface area contributed by atoms with E-state index in [1.807, 2.05) is 25.8 Å². The van der Waals surface area contributed by atoms with Gasteiger partial charge in [-0.2, -0.15) is 0 Å². The first-order valence-corrected chi connectivity index (χ1v) is 8.07. The van der Waals surface area contributed by atoms with Gasteiger partial charge >= 0.3 is 0 Å². The highest BCUT2D eigenvalue weighted by Gasteiger charge is 2.27. The first-order valence-electron chi connectivity index (χ1n) is 8.07. The molecular formula is C18H29ClN2O2. The fourth-order valence-corrected chi connectivity index (χ4v) is 3.57. The molecule has 2 N–H and O–H groups in total. The second-order valence-electron chi connectivity index (χ2n) is 6.58. The fraction of sp³-hybridized carbons (Fsp3) is 0.611. The molecule has 1 aliphatic rings. The van der Waals surface area contributed by atoms with Crippen molar-refractivity contribution in [3.8, 4) is 5.75 Å². The summed E-state index contributed by atoms with van der Waals surface area (Å²) in [7, 11) is 3.58. The number of hydrogen-bond acceptors (Lipinski definition) is 3. The van der Waals surface area contributed by atoms with Gasteiger partial charge in [0, 0.05) is 25.6 Å². The number of nitrogens with zero attached hydrogens (tertiary/aromatic N) is 1. The van der Waals surface area contributed by atoms with Crippen molar-refractivity contribution in [2.45, 2.75) is 52.1 Å². The summed E-state index contributed by atoms with van der Waals surface area (Å²) in [5.41, 5.74) is 9.37. The first kappa shape index (κ1) is 19.8. The molecule has 2 atom stereocenters. The molecule has 1 saturated carbocycles.